The van der Waals surface area contributed by atoms with Gasteiger partial charge in [-0.2, -0.15) is 0 Å². The summed E-state index contributed by atoms with van der Waals surface area (Å²) >= 11 is 0. The molecule has 0 radical (unpaired) electrons. The van der Waals surface area contributed by atoms with E-state index in [-0.39, 0.29) is 0 Å². The van der Waals surface area contributed by atoms with Crippen molar-refractivity contribution in [3.8, 4) is 0 Å². The summed E-state index contributed by atoms with van der Waals surface area (Å²) in [5.41, 5.74) is 7.60. The molecule has 1 aromatic heterocycles. The van der Waals surface area contributed by atoms with Gasteiger partial charge < -0.3 is 10.3 Å². The van der Waals surface area contributed by atoms with Gasteiger partial charge >= 0.3 is 0 Å². The minimum absolute atomic E-state index is 0.418. The van der Waals surface area contributed by atoms with Crippen LogP contribution in [-0.2, 0) is 6.54 Å². The predicted molar refractivity (Wildman–Crippen MR) is 62.1 cm³/mol. The maximum Gasteiger partial charge on any atom is 0.158 e. The van der Waals surface area contributed by atoms with Crippen molar-refractivity contribution in [3.63, 3.8) is 0 Å². The molecule has 16 heavy (non-hydrogen) atoms. The average molecular weight is 215 g/mol. The smallest absolute Gasteiger partial charge is 0.158 e. The van der Waals surface area contributed by atoms with Crippen LogP contribution in [0.4, 0.5) is 0 Å². The Labute approximate surface area is 93.8 Å². The van der Waals surface area contributed by atoms with E-state index in [1.54, 1.807) is 0 Å². The molecule has 0 saturated heterocycles. The molecule has 4 nitrogen and oxygen atoms in total. The quantitative estimate of drug-likeness (QED) is 0.628. The lowest BCUT2D eigenvalue weighted by Crippen LogP contribution is -2.13. The number of nitrogens with zero attached hydrogens (tertiary/aromatic N) is 2. The van der Waals surface area contributed by atoms with Crippen LogP contribution in [0.2, 0.25) is 0 Å². The predicted octanol–water partition coefficient (Wildman–Crippen LogP) is 1.89. The average Bonchev–Trinajstić information content (AvgIpc) is 2.73. The van der Waals surface area contributed by atoms with Crippen LogP contribution in [0.25, 0.3) is 0 Å². The first-order valence-corrected chi connectivity index (χ1v) is 5.03. The molecule has 0 aliphatic carbocycles. The van der Waals surface area contributed by atoms with Gasteiger partial charge in [0.25, 0.3) is 0 Å². The summed E-state index contributed by atoms with van der Waals surface area (Å²) in [4.78, 5) is 4.24. The van der Waals surface area contributed by atoms with Crippen LogP contribution in [0.5, 0.6) is 0 Å². The van der Waals surface area contributed by atoms with Gasteiger partial charge in [-0.05, 0) is 6.92 Å². The van der Waals surface area contributed by atoms with Gasteiger partial charge in [0.15, 0.2) is 5.76 Å². The number of aliphatic imine (C=N–C) groups is 1. The second-order valence-electron chi connectivity index (χ2n) is 3.50. The molecule has 0 atom stereocenters. The van der Waals surface area contributed by atoms with Crippen molar-refractivity contribution >= 4 is 5.84 Å². The Morgan fingerprint density at radius 3 is 2.75 bits per heavy atom. The molecule has 1 heterocycles. The maximum absolute atomic E-state index is 5.84. The lowest BCUT2D eigenvalue weighted by molar-refractivity contribution is 0.381. The van der Waals surface area contributed by atoms with Crippen LogP contribution in [0.15, 0.2) is 45.9 Å². The Kier molecular flexibility index (Phi) is 3.00. The highest BCUT2D eigenvalue weighted by Crippen LogP contribution is 2.05. The van der Waals surface area contributed by atoms with Gasteiger partial charge in [0.05, 0.1) is 5.69 Å². The Bertz CT molecular complexity index is 488. The normalized spacial score (nSPS) is 11.7. The highest BCUT2D eigenvalue weighted by atomic mass is 16.5. The molecule has 0 aliphatic heterocycles. The van der Waals surface area contributed by atoms with E-state index in [1.807, 2.05) is 43.3 Å². The molecular weight excluding hydrogens is 202 g/mol. The third kappa shape index (κ3) is 2.48. The summed E-state index contributed by atoms with van der Waals surface area (Å²) < 4.78 is 5.04. The third-order valence-corrected chi connectivity index (χ3v) is 2.15. The van der Waals surface area contributed by atoms with Gasteiger partial charge in [0, 0.05) is 11.6 Å². The molecular formula is C12H13N3O. The van der Waals surface area contributed by atoms with Gasteiger partial charge in [-0.3, -0.25) is 4.99 Å². The number of nitrogens with two attached hydrogens (primary N) is 1. The number of amidine groups is 1. The molecule has 2 N–H and O–H groups in total. The fraction of sp³-hybridized carbons (Fsp3) is 0.167. The van der Waals surface area contributed by atoms with Crippen molar-refractivity contribution < 1.29 is 4.52 Å². The first-order valence-electron chi connectivity index (χ1n) is 5.03. The Morgan fingerprint density at radius 2 is 2.12 bits per heavy atom. The van der Waals surface area contributed by atoms with Crippen molar-refractivity contribution in [1.29, 1.82) is 0 Å². The summed E-state index contributed by atoms with van der Waals surface area (Å²) in [6.07, 6.45) is 0. The molecule has 0 saturated carbocycles. The lowest BCUT2D eigenvalue weighted by Gasteiger charge is -1.98. The molecule has 0 bridgehead atoms. The van der Waals surface area contributed by atoms with Gasteiger partial charge in [0.2, 0.25) is 0 Å². The molecule has 4 heteroatoms. The Balaban J connectivity index is 2.08. The molecule has 82 valence electrons. The molecule has 0 amide bonds. The number of rotatable bonds is 3. The standard InChI is InChI=1S/C12H13N3O/c1-9-7-11(16-15-9)8-14-12(13)10-5-3-2-4-6-10/h2-7H,8H2,1H3,(H2,13,14). The second kappa shape index (κ2) is 4.61. The van der Waals surface area contributed by atoms with Crippen LogP contribution in [0.3, 0.4) is 0 Å². The number of hydrogen-bond donors (Lipinski definition) is 1. The fourth-order valence-corrected chi connectivity index (χ4v) is 1.35. The zero-order valence-corrected chi connectivity index (χ0v) is 9.05. The minimum atomic E-state index is 0.418. The Hall–Kier alpha value is -2.10. The van der Waals surface area contributed by atoms with E-state index in [4.69, 9.17) is 10.3 Å². The minimum Gasteiger partial charge on any atom is -0.383 e. The molecule has 2 aromatic rings. The molecule has 0 unspecified atom stereocenters. The van der Waals surface area contributed by atoms with Crippen molar-refractivity contribution in [3.05, 3.63) is 53.4 Å². The summed E-state index contributed by atoms with van der Waals surface area (Å²) in [5.74, 6) is 1.23. The summed E-state index contributed by atoms with van der Waals surface area (Å²) in [5, 5.41) is 3.78. The van der Waals surface area contributed by atoms with Gasteiger partial charge in [-0.25, -0.2) is 0 Å². The number of hydrogen-bond acceptors (Lipinski definition) is 3. The fourth-order valence-electron chi connectivity index (χ4n) is 1.35. The highest BCUT2D eigenvalue weighted by Gasteiger charge is 2.00. The van der Waals surface area contributed by atoms with E-state index in [9.17, 15) is 0 Å². The van der Waals surface area contributed by atoms with E-state index in [0.29, 0.717) is 12.4 Å². The van der Waals surface area contributed by atoms with Crippen LogP contribution >= 0.6 is 0 Å². The van der Waals surface area contributed by atoms with Crippen LogP contribution in [-0.4, -0.2) is 11.0 Å². The first kappa shape index (κ1) is 10.4. The summed E-state index contributed by atoms with van der Waals surface area (Å²) in [7, 11) is 0. The molecule has 1 aromatic carbocycles. The zero-order chi connectivity index (χ0) is 11.4. The second-order valence-corrected chi connectivity index (χ2v) is 3.50. The van der Waals surface area contributed by atoms with Gasteiger partial charge in [-0.15, -0.1) is 0 Å². The number of aromatic nitrogens is 1. The van der Waals surface area contributed by atoms with E-state index in [2.05, 4.69) is 10.1 Å². The van der Waals surface area contributed by atoms with Crippen molar-refractivity contribution in [2.75, 3.05) is 0 Å². The molecule has 0 spiro atoms. The highest BCUT2D eigenvalue weighted by molar-refractivity contribution is 5.97. The maximum atomic E-state index is 5.84. The van der Waals surface area contributed by atoms with Crippen LogP contribution < -0.4 is 5.73 Å². The van der Waals surface area contributed by atoms with E-state index in [0.717, 1.165) is 17.0 Å². The zero-order valence-electron chi connectivity index (χ0n) is 9.05. The van der Waals surface area contributed by atoms with E-state index in [1.165, 1.54) is 0 Å². The Morgan fingerprint density at radius 1 is 1.38 bits per heavy atom. The SMILES string of the molecule is Cc1cc(CN=C(N)c2ccccc2)on1. The van der Waals surface area contributed by atoms with Crippen LogP contribution in [0, 0.1) is 6.92 Å². The van der Waals surface area contributed by atoms with Crippen molar-refractivity contribution in [2.24, 2.45) is 10.7 Å². The van der Waals surface area contributed by atoms with E-state index >= 15 is 0 Å². The third-order valence-electron chi connectivity index (χ3n) is 2.15. The molecule has 0 fully saturated rings. The van der Waals surface area contributed by atoms with Gasteiger partial charge in [-0.1, -0.05) is 35.5 Å². The van der Waals surface area contributed by atoms with Crippen molar-refractivity contribution in [1.82, 2.24) is 5.16 Å². The first-order chi connectivity index (χ1) is 7.75. The summed E-state index contributed by atoms with van der Waals surface area (Å²) in [6, 6.07) is 11.5. The largest absolute Gasteiger partial charge is 0.383 e. The molecule has 2 rings (SSSR count). The van der Waals surface area contributed by atoms with Crippen molar-refractivity contribution in [2.45, 2.75) is 13.5 Å². The lowest BCUT2D eigenvalue weighted by atomic mass is 10.2. The summed E-state index contributed by atoms with van der Waals surface area (Å²) in [6.45, 7) is 2.29. The van der Waals surface area contributed by atoms with Crippen LogP contribution in [0.1, 0.15) is 17.0 Å². The number of benzene rings is 1. The number of aryl methyl sites for hydroxylation is 1. The topological polar surface area (TPSA) is 64.4 Å². The van der Waals surface area contributed by atoms with E-state index < -0.39 is 0 Å². The monoisotopic (exact) mass is 215 g/mol. The van der Waals surface area contributed by atoms with Gasteiger partial charge in [0.1, 0.15) is 12.4 Å². The molecule has 0 aliphatic rings.